The summed E-state index contributed by atoms with van der Waals surface area (Å²) in [6.07, 6.45) is 6.47. The van der Waals surface area contributed by atoms with Gasteiger partial charge in [-0.2, -0.15) is 0 Å². The third kappa shape index (κ3) is 3.25. The summed E-state index contributed by atoms with van der Waals surface area (Å²) in [6, 6.07) is 8.05. The molecule has 2 fully saturated rings. The first-order valence-corrected chi connectivity index (χ1v) is 9.07. The second-order valence-corrected chi connectivity index (χ2v) is 7.15. The Balaban J connectivity index is 1.32. The molecule has 2 atom stereocenters. The Kier molecular flexibility index (Phi) is 4.56. The minimum atomic E-state index is 0.213. The van der Waals surface area contributed by atoms with Crippen molar-refractivity contribution in [2.75, 3.05) is 38.3 Å². The van der Waals surface area contributed by atoms with Crippen molar-refractivity contribution >= 4 is 5.69 Å². The van der Waals surface area contributed by atoms with E-state index in [0.717, 1.165) is 26.3 Å². The van der Waals surface area contributed by atoms with Crippen molar-refractivity contribution in [3.05, 3.63) is 29.3 Å². The van der Waals surface area contributed by atoms with Crippen LogP contribution in [0, 0.1) is 0 Å². The number of fused-ring (bicyclic) bond motifs is 1. The molecule has 1 aromatic rings. The van der Waals surface area contributed by atoms with Gasteiger partial charge in [0.25, 0.3) is 0 Å². The zero-order chi connectivity index (χ0) is 15.6. The van der Waals surface area contributed by atoms with E-state index in [1.807, 2.05) is 0 Å². The SMILES string of the molecule is CO[C@H]1COC[C@@H]1NC1CCN(c2ccc3c(c2)CCC3)CC1. The van der Waals surface area contributed by atoms with Gasteiger partial charge >= 0.3 is 0 Å². The predicted octanol–water partition coefficient (Wildman–Crippen LogP) is 2.15. The first kappa shape index (κ1) is 15.4. The summed E-state index contributed by atoms with van der Waals surface area (Å²) in [6.45, 7) is 3.79. The Morgan fingerprint density at radius 2 is 1.96 bits per heavy atom. The zero-order valence-corrected chi connectivity index (χ0v) is 14.1. The highest BCUT2D eigenvalue weighted by Gasteiger charge is 2.31. The van der Waals surface area contributed by atoms with E-state index in [4.69, 9.17) is 9.47 Å². The number of ether oxygens (including phenoxy) is 2. The standard InChI is InChI=1S/C19H28N2O2/c1-22-19-13-23-12-18(19)20-16-7-9-21(10-8-16)17-6-5-14-3-2-4-15(14)11-17/h5-6,11,16,18-20H,2-4,7-10,12-13H2,1H3/t18-,19-/m0/s1. The minimum Gasteiger partial charge on any atom is -0.377 e. The molecule has 2 heterocycles. The maximum atomic E-state index is 5.54. The first-order valence-electron chi connectivity index (χ1n) is 9.07. The fourth-order valence-corrected chi connectivity index (χ4v) is 4.28. The van der Waals surface area contributed by atoms with E-state index in [0.29, 0.717) is 12.1 Å². The summed E-state index contributed by atoms with van der Waals surface area (Å²) in [5, 5.41) is 3.76. The lowest BCUT2D eigenvalue weighted by Gasteiger charge is -2.36. The van der Waals surface area contributed by atoms with Gasteiger partial charge in [-0.1, -0.05) is 6.07 Å². The van der Waals surface area contributed by atoms with E-state index < -0.39 is 0 Å². The molecule has 0 spiro atoms. The van der Waals surface area contributed by atoms with E-state index in [9.17, 15) is 0 Å². The number of nitrogens with one attached hydrogen (secondary N) is 1. The Hall–Kier alpha value is -1.10. The van der Waals surface area contributed by atoms with Crippen LogP contribution in [0.1, 0.15) is 30.4 Å². The van der Waals surface area contributed by atoms with Crippen LogP contribution in [0.25, 0.3) is 0 Å². The number of methoxy groups -OCH3 is 1. The van der Waals surface area contributed by atoms with Crippen LogP contribution in [0.2, 0.25) is 0 Å². The lowest BCUT2D eigenvalue weighted by atomic mass is 10.0. The fourth-order valence-electron chi connectivity index (χ4n) is 4.28. The van der Waals surface area contributed by atoms with Gasteiger partial charge in [-0.25, -0.2) is 0 Å². The number of nitrogens with zero attached hydrogens (tertiary/aromatic N) is 1. The number of aryl methyl sites for hydroxylation is 2. The molecular formula is C19H28N2O2. The van der Waals surface area contributed by atoms with Gasteiger partial charge in [0, 0.05) is 31.9 Å². The average molecular weight is 316 g/mol. The van der Waals surface area contributed by atoms with E-state index in [1.165, 1.54) is 37.8 Å². The van der Waals surface area contributed by atoms with Crippen LogP contribution in [0.5, 0.6) is 0 Å². The highest BCUT2D eigenvalue weighted by Crippen LogP contribution is 2.28. The molecule has 0 saturated carbocycles. The van der Waals surface area contributed by atoms with Crippen LogP contribution in [-0.4, -0.2) is 51.6 Å². The Morgan fingerprint density at radius 1 is 1.13 bits per heavy atom. The number of benzene rings is 1. The van der Waals surface area contributed by atoms with Crippen LogP contribution in [0.15, 0.2) is 18.2 Å². The molecule has 4 rings (SSSR count). The number of hydrogen-bond donors (Lipinski definition) is 1. The fraction of sp³-hybridized carbons (Fsp3) is 0.684. The normalized spacial score (nSPS) is 28.3. The van der Waals surface area contributed by atoms with Crippen molar-refractivity contribution in [2.45, 2.75) is 50.3 Å². The largest absolute Gasteiger partial charge is 0.377 e. The van der Waals surface area contributed by atoms with Gasteiger partial charge in [-0.3, -0.25) is 0 Å². The molecule has 3 aliphatic rings. The van der Waals surface area contributed by atoms with Gasteiger partial charge in [-0.15, -0.1) is 0 Å². The van der Waals surface area contributed by atoms with Crippen molar-refractivity contribution < 1.29 is 9.47 Å². The molecule has 126 valence electrons. The molecule has 23 heavy (non-hydrogen) atoms. The number of rotatable bonds is 4. The van der Waals surface area contributed by atoms with Crippen LogP contribution in [0.4, 0.5) is 5.69 Å². The molecule has 1 N–H and O–H groups in total. The van der Waals surface area contributed by atoms with Crippen molar-refractivity contribution in [3.63, 3.8) is 0 Å². The molecule has 2 saturated heterocycles. The van der Waals surface area contributed by atoms with Crippen LogP contribution < -0.4 is 10.2 Å². The second-order valence-electron chi connectivity index (χ2n) is 7.15. The molecule has 0 unspecified atom stereocenters. The summed E-state index contributed by atoms with van der Waals surface area (Å²) >= 11 is 0. The minimum absolute atomic E-state index is 0.213. The first-order chi connectivity index (χ1) is 11.3. The van der Waals surface area contributed by atoms with Crippen molar-refractivity contribution in [2.24, 2.45) is 0 Å². The molecule has 0 amide bonds. The van der Waals surface area contributed by atoms with Gasteiger partial charge in [0.05, 0.1) is 25.4 Å². The van der Waals surface area contributed by atoms with E-state index in [1.54, 1.807) is 18.2 Å². The number of piperidine rings is 1. The lowest BCUT2D eigenvalue weighted by Crippen LogP contribution is -2.50. The van der Waals surface area contributed by atoms with E-state index >= 15 is 0 Å². The molecule has 1 aromatic carbocycles. The Bertz CT molecular complexity index is 540. The molecule has 0 radical (unpaired) electrons. The van der Waals surface area contributed by atoms with Gasteiger partial charge in [0.15, 0.2) is 0 Å². The maximum absolute atomic E-state index is 5.54. The molecule has 1 aliphatic carbocycles. The van der Waals surface area contributed by atoms with Gasteiger partial charge in [0.2, 0.25) is 0 Å². The maximum Gasteiger partial charge on any atom is 0.0979 e. The molecule has 4 heteroatoms. The molecular weight excluding hydrogens is 288 g/mol. The summed E-state index contributed by atoms with van der Waals surface area (Å²) in [7, 11) is 1.78. The average Bonchev–Trinajstić information content (AvgIpc) is 3.23. The quantitative estimate of drug-likeness (QED) is 0.923. The third-order valence-electron chi connectivity index (χ3n) is 5.72. The monoisotopic (exact) mass is 316 g/mol. The summed E-state index contributed by atoms with van der Waals surface area (Å²) in [4.78, 5) is 2.55. The van der Waals surface area contributed by atoms with E-state index in [-0.39, 0.29) is 6.10 Å². The number of anilines is 1. The van der Waals surface area contributed by atoms with Gasteiger partial charge in [-0.05, 0) is 55.4 Å². The lowest BCUT2D eigenvalue weighted by molar-refractivity contribution is 0.0711. The van der Waals surface area contributed by atoms with Crippen molar-refractivity contribution in [1.82, 2.24) is 5.32 Å². The summed E-state index contributed by atoms with van der Waals surface area (Å²) in [5.41, 5.74) is 4.56. The van der Waals surface area contributed by atoms with Crippen LogP contribution >= 0.6 is 0 Å². The topological polar surface area (TPSA) is 33.7 Å². The van der Waals surface area contributed by atoms with Gasteiger partial charge < -0.3 is 19.7 Å². The highest BCUT2D eigenvalue weighted by atomic mass is 16.5. The zero-order valence-electron chi connectivity index (χ0n) is 14.1. The van der Waals surface area contributed by atoms with E-state index in [2.05, 4.69) is 28.4 Å². The third-order valence-corrected chi connectivity index (χ3v) is 5.72. The Morgan fingerprint density at radius 3 is 2.78 bits per heavy atom. The summed E-state index contributed by atoms with van der Waals surface area (Å²) in [5.74, 6) is 0. The van der Waals surface area contributed by atoms with Crippen molar-refractivity contribution in [1.29, 1.82) is 0 Å². The van der Waals surface area contributed by atoms with Crippen LogP contribution in [0.3, 0.4) is 0 Å². The van der Waals surface area contributed by atoms with Crippen LogP contribution in [-0.2, 0) is 22.3 Å². The van der Waals surface area contributed by atoms with Gasteiger partial charge in [0.1, 0.15) is 0 Å². The Labute approximate surface area is 139 Å². The second kappa shape index (κ2) is 6.80. The molecule has 2 aliphatic heterocycles. The summed E-state index contributed by atoms with van der Waals surface area (Å²) < 4.78 is 11.0. The predicted molar refractivity (Wildman–Crippen MR) is 92.2 cm³/mol. The highest BCUT2D eigenvalue weighted by molar-refractivity contribution is 5.52. The molecule has 0 aromatic heterocycles. The smallest absolute Gasteiger partial charge is 0.0979 e. The molecule has 4 nitrogen and oxygen atoms in total. The number of hydrogen-bond acceptors (Lipinski definition) is 4. The van der Waals surface area contributed by atoms with Crippen molar-refractivity contribution in [3.8, 4) is 0 Å². The molecule has 0 bridgehead atoms.